The third-order valence-corrected chi connectivity index (χ3v) is 4.98. The Hall–Kier alpha value is -0.890. The van der Waals surface area contributed by atoms with Crippen LogP contribution in [0.5, 0.6) is 11.5 Å². The quantitative estimate of drug-likeness (QED) is 0.261. The molecule has 0 N–H and O–H groups in total. The lowest BCUT2D eigenvalue weighted by molar-refractivity contribution is 0.293. The highest BCUT2D eigenvalue weighted by atomic mass is 35.5. The molecule has 0 aliphatic carbocycles. The van der Waals surface area contributed by atoms with Gasteiger partial charge in [0.15, 0.2) is 0 Å². The lowest BCUT2D eigenvalue weighted by Crippen LogP contribution is -2.02. The van der Waals surface area contributed by atoms with Gasteiger partial charge in [0.05, 0.1) is 13.2 Å². The molecule has 0 unspecified atom stereocenters. The maximum Gasteiger partial charge on any atom is 0.122 e. The molecule has 0 fully saturated rings. The molecule has 1 aromatic rings. The highest BCUT2D eigenvalue weighted by molar-refractivity contribution is 5.85. The van der Waals surface area contributed by atoms with Gasteiger partial charge in [0.25, 0.3) is 0 Å². The maximum absolute atomic E-state index is 6.00. The van der Waals surface area contributed by atoms with Crippen LogP contribution < -0.4 is 9.47 Å². The van der Waals surface area contributed by atoms with Gasteiger partial charge < -0.3 is 9.47 Å². The first-order chi connectivity index (χ1) is 12.7. The molecular formula is C24H43ClO2. The van der Waals surface area contributed by atoms with Gasteiger partial charge in [-0.2, -0.15) is 0 Å². The Kier molecular flexibility index (Phi) is 16.7. The molecule has 0 saturated heterocycles. The molecule has 0 atom stereocenters. The van der Waals surface area contributed by atoms with Crippen LogP contribution in [0, 0.1) is 13.8 Å². The van der Waals surface area contributed by atoms with Crippen LogP contribution in [-0.2, 0) is 0 Å². The molecule has 1 rings (SSSR count). The molecule has 0 spiro atoms. The van der Waals surface area contributed by atoms with Gasteiger partial charge in [-0.25, -0.2) is 0 Å². The maximum atomic E-state index is 6.00. The van der Waals surface area contributed by atoms with Crippen LogP contribution in [0.25, 0.3) is 0 Å². The van der Waals surface area contributed by atoms with Crippen molar-refractivity contribution in [3.8, 4) is 11.5 Å². The van der Waals surface area contributed by atoms with E-state index < -0.39 is 0 Å². The number of benzene rings is 1. The van der Waals surface area contributed by atoms with E-state index in [1.54, 1.807) is 0 Å². The molecule has 2 nitrogen and oxygen atoms in total. The smallest absolute Gasteiger partial charge is 0.122 e. The van der Waals surface area contributed by atoms with Gasteiger partial charge in [-0.1, -0.05) is 78.1 Å². The first-order valence-electron chi connectivity index (χ1n) is 11.1. The van der Waals surface area contributed by atoms with Crippen LogP contribution in [0.15, 0.2) is 12.1 Å². The minimum atomic E-state index is 0. The van der Waals surface area contributed by atoms with E-state index in [0.29, 0.717) is 0 Å². The lowest BCUT2D eigenvalue weighted by atomic mass is 10.1. The zero-order valence-corrected chi connectivity index (χ0v) is 19.1. The normalized spacial score (nSPS) is 10.5. The molecular weight excluding hydrogens is 356 g/mol. The number of rotatable bonds is 16. The standard InChI is InChI=1S/C24H42O2.ClH/c1-5-7-9-11-13-15-17-25-23-19-22(4)24(20-21(23)3)26-18-16-14-12-10-8-6-2;/h19-20H,5-18H2,1-4H3;1H. The first kappa shape index (κ1) is 26.1. The number of aryl methyl sites for hydroxylation is 2. The van der Waals surface area contributed by atoms with Crippen LogP contribution in [0.3, 0.4) is 0 Å². The fraction of sp³-hybridized carbons (Fsp3) is 0.750. The number of hydrogen-bond donors (Lipinski definition) is 0. The largest absolute Gasteiger partial charge is 0.493 e. The predicted molar refractivity (Wildman–Crippen MR) is 121 cm³/mol. The summed E-state index contributed by atoms with van der Waals surface area (Å²) >= 11 is 0. The average Bonchev–Trinajstić information content (AvgIpc) is 2.63. The Morgan fingerprint density at radius 2 is 0.889 bits per heavy atom. The second kappa shape index (κ2) is 17.2. The third kappa shape index (κ3) is 12.2. The van der Waals surface area contributed by atoms with Gasteiger partial charge in [-0.3, -0.25) is 0 Å². The van der Waals surface area contributed by atoms with E-state index in [9.17, 15) is 0 Å². The molecule has 0 aliphatic rings. The summed E-state index contributed by atoms with van der Waals surface area (Å²) in [6, 6.07) is 4.28. The molecule has 0 amide bonds. The third-order valence-electron chi connectivity index (χ3n) is 4.98. The van der Waals surface area contributed by atoms with E-state index in [4.69, 9.17) is 9.47 Å². The summed E-state index contributed by atoms with van der Waals surface area (Å²) < 4.78 is 12.0. The van der Waals surface area contributed by atoms with Crippen molar-refractivity contribution in [1.29, 1.82) is 0 Å². The highest BCUT2D eigenvalue weighted by Crippen LogP contribution is 2.28. The number of ether oxygens (including phenoxy) is 2. The summed E-state index contributed by atoms with van der Waals surface area (Å²) in [5, 5.41) is 0. The Balaban J connectivity index is 0.00000676. The monoisotopic (exact) mass is 398 g/mol. The summed E-state index contributed by atoms with van der Waals surface area (Å²) in [5.41, 5.74) is 2.36. The molecule has 27 heavy (non-hydrogen) atoms. The van der Waals surface area contributed by atoms with Crippen molar-refractivity contribution in [3.05, 3.63) is 23.3 Å². The molecule has 3 heteroatoms. The van der Waals surface area contributed by atoms with Gasteiger partial charge in [0.1, 0.15) is 11.5 Å². The van der Waals surface area contributed by atoms with Crippen molar-refractivity contribution in [3.63, 3.8) is 0 Å². The topological polar surface area (TPSA) is 18.5 Å². The first-order valence-corrected chi connectivity index (χ1v) is 11.1. The van der Waals surface area contributed by atoms with Crippen LogP contribution >= 0.6 is 12.4 Å². The summed E-state index contributed by atoms with van der Waals surface area (Å²) in [6.45, 7) is 10.4. The molecule has 0 aliphatic heterocycles. The SMILES string of the molecule is CCCCCCCCOc1cc(C)c(OCCCCCCCC)cc1C.Cl. The van der Waals surface area contributed by atoms with Crippen LogP contribution in [0.2, 0.25) is 0 Å². The number of unbranched alkanes of at least 4 members (excludes halogenated alkanes) is 10. The van der Waals surface area contributed by atoms with Gasteiger partial charge in [-0.15, -0.1) is 12.4 Å². The molecule has 0 aromatic heterocycles. The Morgan fingerprint density at radius 3 is 1.26 bits per heavy atom. The second-order valence-electron chi connectivity index (χ2n) is 7.62. The van der Waals surface area contributed by atoms with Gasteiger partial charge >= 0.3 is 0 Å². The molecule has 158 valence electrons. The second-order valence-corrected chi connectivity index (χ2v) is 7.62. The summed E-state index contributed by atoms with van der Waals surface area (Å²) in [6.07, 6.45) is 15.6. The van der Waals surface area contributed by atoms with Gasteiger partial charge in [0, 0.05) is 0 Å². The molecule has 0 saturated carbocycles. The fourth-order valence-electron chi connectivity index (χ4n) is 3.20. The van der Waals surface area contributed by atoms with Crippen molar-refractivity contribution in [2.75, 3.05) is 13.2 Å². The minimum absolute atomic E-state index is 0. The molecule has 1 aromatic carbocycles. The number of hydrogen-bond acceptors (Lipinski definition) is 2. The van der Waals surface area contributed by atoms with Crippen molar-refractivity contribution >= 4 is 12.4 Å². The molecule has 0 heterocycles. The van der Waals surface area contributed by atoms with E-state index >= 15 is 0 Å². The summed E-state index contributed by atoms with van der Waals surface area (Å²) in [7, 11) is 0. The van der Waals surface area contributed by atoms with Crippen LogP contribution in [0.4, 0.5) is 0 Å². The van der Waals surface area contributed by atoms with Crippen LogP contribution in [-0.4, -0.2) is 13.2 Å². The Labute approximate surface area is 174 Å². The molecule has 0 radical (unpaired) electrons. The van der Waals surface area contributed by atoms with E-state index in [0.717, 1.165) is 37.6 Å². The number of halogens is 1. The van der Waals surface area contributed by atoms with Gasteiger partial charge in [0.2, 0.25) is 0 Å². The summed E-state index contributed by atoms with van der Waals surface area (Å²) in [5.74, 6) is 2.03. The minimum Gasteiger partial charge on any atom is -0.493 e. The lowest BCUT2D eigenvalue weighted by Gasteiger charge is -2.14. The fourth-order valence-corrected chi connectivity index (χ4v) is 3.20. The Morgan fingerprint density at radius 1 is 0.556 bits per heavy atom. The highest BCUT2D eigenvalue weighted by Gasteiger charge is 2.07. The Bertz CT molecular complexity index is 430. The van der Waals surface area contributed by atoms with E-state index in [1.807, 2.05) is 0 Å². The molecule has 0 bridgehead atoms. The zero-order valence-electron chi connectivity index (χ0n) is 18.3. The van der Waals surface area contributed by atoms with Crippen molar-refractivity contribution in [2.24, 2.45) is 0 Å². The zero-order chi connectivity index (χ0) is 19.0. The average molecular weight is 399 g/mol. The van der Waals surface area contributed by atoms with Crippen molar-refractivity contribution in [1.82, 2.24) is 0 Å². The predicted octanol–water partition coefficient (Wildman–Crippen LogP) is 8.20. The van der Waals surface area contributed by atoms with Crippen molar-refractivity contribution < 1.29 is 9.47 Å². The van der Waals surface area contributed by atoms with Crippen LogP contribution in [0.1, 0.15) is 102 Å². The van der Waals surface area contributed by atoms with E-state index in [-0.39, 0.29) is 12.4 Å². The van der Waals surface area contributed by atoms with Crippen molar-refractivity contribution in [2.45, 2.75) is 105 Å². The van der Waals surface area contributed by atoms with E-state index in [2.05, 4.69) is 39.8 Å². The van der Waals surface area contributed by atoms with E-state index in [1.165, 1.54) is 75.3 Å². The van der Waals surface area contributed by atoms with Gasteiger partial charge in [-0.05, 0) is 49.9 Å². The summed E-state index contributed by atoms with van der Waals surface area (Å²) in [4.78, 5) is 0.